The largest absolute Gasteiger partial charge is 0.398 e. The van der Waals surface area contributed by atoms with Crippen LogP contribution in [0.15, 0.2) is 23.1 Å². The Morgan fingerprint density at radius 3 is 2.76 bits per heavy atom. The molecule has 0 aliphatic rings. The molecule has 0 saturated heterocycles. The molecule has 1 aromatic rings. The summed E-state index contributed by atoms with van der Waals surface area (Å²) in [7, 11) is -3.64. The predicted octanol–water partition coefficient (Wildman–Crippen LogP) is 1.44. The van der Waals surface area contributed by atoms with Crippen molar-refractivity contribution in [1.29, 1.82) is 0 Å². The van der Waals surface area contributed by atoms with Gasteiger partial charge in [-0.1, -0.05) is 0 Å². The minimum absolute atomic E-state index is 0.0805. The van der Waals surface area contributed by atoms with Crippen molar-refractivity contribution < 1.29 is 12.8 Å². The summed E-state index contributed by atoms with van der Waals surface area (Å²) in [5, 5.41) is 0. The third kappa shape index (κ3) is 4.18. The van der Waals surface area contributed by atoms with Crippen molar-refractivity contribution >= 4 is 27.5 Å². The highest BCUT2D eigenvalue weighted by atomic mass is 32.2. The van der Waals surface area contributed by atoms with Crippen LogP contribution in [0.4, 0.5) is 10.1 Å². The second-order valence-electron chi connectivity index (χ2n) is 3.43. The number of hydrogen-bond acceptors (Lipinski definition) is 4. The molecule has 0 radical (unpaired) electrons. The first kappa shape index (κ1) is 14.3. The van der Waals surface area contributed by atoms with Crippen molar-refractivity contribution in [2.45, 2.75) is 11.3 Å². The molecule has 4 nitrogen and oxygen atoms in total. The van der Waals surface area contributed by atoms with Gasteiger partial charge >= 0.3 is 0 Å². The van der Waals surface area contributed by atoms with Crippen LogP contribution in [0.1, 0.15) is 6.42 Å². The Hall–Kier alpha value is -0.790. The second-order valence-corrected chi connectivity index (χ2v) is 6.15. The lowest BCUT2D eigenvalue weighted by atomic mass is 10.3. The quantitative estimate of drug-likeness (QED) is 0.610. The van der Waals surface area contributed by atoms with Crippen LogP contribution in [0.3, 0.4) is 0 Å². The van der Waals surface area contributed by atoms with Crippen molar-refractivity contribution in [3.63, 3.8) is 0 Å². The molecule has 0 aromatic heterocycles. The van der Waals surface area contributed by atoms with Crippen LogP contribution >= 0.6 is 11.8 Å². The molecule has 7 heteroatoms. The van der Waals surface area contributed by atoms with Gasteiger partial charge in [-0.3, -0.25) is 0 Å². The first-order valence-electron chi connectivity index (χ1n) is 5.01. The van der Waals surface area contributed by atoms with Crippen molar-refractivity contribution in [3.05, 3.63) is 24.0 Å². The fourth-order valence-electron chi connectivity index (χ4n) is 1.26. The lowest BCUT2D eigenvalue weighted by Crippen LogP contribution is -2.26. The predicted molar refractivity (Wildman–Crippen MR) is 69.0 cm³/mol. The standard InChI is InChI=1S/C10H15FN2O2S2/c1-16-6-2-5-13-17(14,15)10-4-3-8(11)7-9(10)12/h3-4,7,13H,2,5-6,12H2,1H3. The van der Waals surface area contributed by atoms with Crippen molar-refractivity contribution in [1.82, 2.24) is 4.72 Å². The van der Waals surface area contributed by atoms with Gasteiger partial charge in [0.05, 0.1) is 5.69 Å². The Kier molecular flexibility index (Phi) is 5.23. The minimum Gasteiger partial charge on any atom is -0.398 e. The summed E-state index contributed by atoms with van der Waals surface area (Å²) in [6.45, 7) is 0.347. The molecule has 0 fully saturated rings. The summed E-state index contributed by atoms with van der Waals surface area (Å²) < 4.78 is 38.8. The number of benzene rings is 1. The SMILES string of the molecule is CSCCCNS(=O)(=O)c1ccc(F)cc1N. The van der Waals surface area contributed by atoms with E-state index in [-0.39, 0.29) is 10.6 Å². The lowest BCUT2D eigenvalue weighted by molar-refractivity contribution is 0.580. The minimum atomic E-state index is -3.64. The van der Waals surface area contributed by atoms with E-state index in [0.29, 0.717) is 6.54 Å². The molecule has 0 spiro atoms. The molecule has 0 aliphatic heterocycles. The van der Waals surface area contributed by atoms with E-state index in [0.717, 1.165) is 24.3 Å². The average molecular weight is 278 g/mol. The Balaban J connectivity index is 2.76. The number of halogens is 1. The molecule has 0 bridgehead atoms. The molecule has 3 N–H and O–H groups in total. The summed E-state index contributed by atoms with van der Waals surface area (Å²) in [6, 6.07) is 3.24. The smallest absolute Gasteiger partial charge is 0.242 e. The summed E-state index contributed by atoms with van der Waals surface area (Å²) in [5.41, 5.74) is 5.39. The number of hydrogen-bond donors (Lipinski definition) is 2. The zero-order chi connectivity index (χ0) is 12.9. The Morgan fingerprint density at radius 1 is 1.47 bits per heavy atom. The number of rotatable bonds is 6. The highest BCUT2D eigenvalue weighted by Crippen LogP contribution is 2.18. The van der Waals surface area contributed by atoms with Crippen LogP contribution in [0.5, 0.6) is 0 Å². The highest BCUT2D eigenvalue weighted by molar-refractivity contribution is 7.98. The molecule has 0 saturated carbocycles. The molecular formula is C10H15FN2O2S2. The zero-order valence-electron chi connectivity index (χ0n) is 9.44. The highest BCUT2D eigenvalue weighted by Gasteiger charge is 2.16. The Morgan fingerprint density at radius 2 is 2.18 bits per heavy atom. The van der Waals surface area contributed by atoms with E-state index >= 15 is 0 Å². The van der Waals surface area contributed by atoms with Gasteiger partial charge in [0.2, 0.25) is 10.0 Å². The Labute approximate surface area is 105 Å². The van der Waals surface area contributed by atoms with Crippen LogP contribution in [0, 0.1) is 5.82 Å². The van der Waals surface area contributed by atoms with Gasteiger partial charge in [0.25, 0.3) is 0 Å². The van der Waals surface area contributed by atoms with Gasteiger partial charge in [0.1, 0.15) is 10.7 Å². The van der Waals surface area contributed by atoms with Crippen LogP contribution in [0.2, 0.25) is 0 Å². The van der Waals surface area contributed by atoms with Gasteiger partial charge in [-0.15, -0.1) is 0 Å². The number of nitrogens with two attached hydrogens (primary N) is 1. The monoisotopic (exact) mass is 278 g/mol. The van der Waals surface area contributed by atoms with Crippen molar-refractivity contribution in [2.24, 2.45) is 0 Å². The van der Waals surface area contributed by atoms with E-state index in [1.165, 1.54) is 6.07 Å². The van der Waals surface area contributed by atoms with E-state index in [2.05, 4.69) is 4.72 Å². The molecule has 1 rings (SSSR count). The van der Waals surface area contributed by atoms with Gasteiger partial charge in [-0.25, -0.2) is 17.5 Å². The third-order valence-electron chi connectivity index (χ3n) is 2.08. The molecule has 0 atom stereocenters. The van der Waals surface area contributed by atoms with E-state index in [4.69, 9.17) is 5.73 Å². The van der Waals surface area contributed by atoms with Gasteiger partial charge in [0.15, 0.2) is 0 Å². The fraction of sp³-hybridized carbons (Fsp3) is 0.400. The lowest BCUT2D eigenvalue weighted by Gasteiger charge is -2.08. The fourth-order valence-corrected chi connectivity index (χ4v) is 2.88. The third-order valence-corrected chi connectivity index (χ3v) is 4.31. The number of sulfonamides is 1. The topological polar surface area (TPSA) is 72.2 Å². The summed E-state index contributed by atoms with van der Waals surface area (Å²) in [6.07, 6.45) is 2.69. The normalized spacial score (nSPS) is 11.6. The Bertz CT molecular complexity index is 477. The summed E-state index contributed by atoms with van der Waals surface area (Å²) in [5.74, 6) is 0.324. The number of thioether (sulfide) groups is 1. The first-order valence-corrected chi connectivity index (χ1v) is 7.88. The van der Waals surface area contributed by atoms with E-state index in [1.807, 2.05) is 6.26 Å². The number of nitrogen functional groups attached to an aromatic ring is 1. The van der Waals surface area contributed by atoms with E-state index in [1.54, 1.807) is 11.8 Å². The first-order chi connectivity index (χ1) is 7.97. The van der Waals surface area contributed by atoms with E-state index in [9.17, 15) is 12.8 Å². The van der Waals surface area contributed by atoms with Gasteiger partial charge < -0.3 is 5.73 Å². The van der Waals surface area contributed by atoms with Crippen molar-refractivity contribution in [2.75, 3.05) is 24.3 Å². The molecule has 1 aromatic carbocycles. The molecule has 0 unspecified atom stereocenters. The van der Waals surface area contributed by atoms with Gasteiger partial charge in [-0.2, -0.15) is 11.8 Å². The average Bonchev–Trinajstić information content (AvgIpc) is 2.24. The summed E-state index contributed by atoms with van der Waals surface area (Å²) >= 11 is 1.64. The van der Waals surface area contributed by atoms with Gasteiger partial charge in [0, 0.05) is 6.54 Å². The van der Waals surface area contributed by atoms with Gasteiger partial charge in [-0.05, 0) is 36.6 Å². The van der Waals surface area contributed by atoms with Crippen LogP contribution in [-0.4, -0.2) is 27.0 Å². The maximum atomic E-state index is 12.8. The molecule has 0 heterocycles. The zero-order valence-corrected chi connectivity index (χ0v) is 11.1. The van der Waals surface area contributed by atoms with Crippen LogP contribution < -0.4 is 10.5 Å². The summed E-state index contributed by atoms with van der Waals surface area (Å²) in [4.78, 5) is -0.0805. The molecule has 0 aliphatic carbocycles. The molecule has 0 amide bonds. The number of nitrogens with one attached hydrogen (secondary N) is 1. The molecule has 96 valence electrons. The maximum Gasteiger partial charge on any atom is 0.242 e. The maximum absolute atomic E-state index is 12.8. The van der Waals surface area contributed by atoms with Crippen LogP contribution in [-0.2, 0) is 10.0 Å². The van der Waals surface area contributed by atoms with Crippen molar-refractivity contribution in [3.8, 4) is 0 Å². The molecular weight excluding hydrogens is 263 g/mol. The number of anilines is 1. The second kappa shape index (κ2) is 6.23. The van der Waals surface area contributed by atoms with Crippen LogP contribution in [0.25, 0.3) is 0 Å². The molecule has 17 heavy (non-hydrogen) atoms. The van der Waals surface area contributed by atoms with E-state index < -0.39 is 15.8 Å².